The molecule has 0 fully saturated rings. The normalized spacial score (nSPS) is 11.9. The van der Waals surface area contributed by atoms with Gasteiger partial charge in [0, 0.05) is 17.1 Å². The van der Waals surface area contributed by atoms with E-state index >= 15 is 0 Å². The molecule has 0 aliphatic rings. The summed E-state index contributed by atoms with van der Waals surface area (Å²) >= 11 is 12.3. The van der Waals surface area contributed by atoms with Crippen molar-refractivity contribution in [3.63, 3.8) is 0 Å². The summed E-state index contributed by atoms with van der Waals surface area (Å²) in [7, 11) is 0. The molecule has 2 aromatic carbocycles. The second-order valence-corrected chi connectivity index (χ2v) is 8.34. The van der Waals surface area contributed by atoms with Crippen molar-refractivity contribution in [1.29, 1.82) is 0 Å². The molecule has 1 aromatic heterocycles. The largest absolute Gasteiger partial charge is 0.478 e. The number of ether oxygens (including phenoxy) is 2. The third-order valence-electron chi connectivity index (χ3n) is 4.90. The predicted molar refractivity (Wildman–Crippen MR) is 135 cm³/mol. The van der Waals surface area contributed by atoms with Crippen LogP contribution >= 0.6 is 23.2 Å². The molecule has 0 aliphatic carbocycles. The highest BCUT2D eigenvalue weighted by Crippen LogP contribution is 2.31. The van der Waals surface area contributed by atoms with Crippen LogP contribution in [0.2, 0.25) is 10.0 Å². The number of aromatic carboxylic acids is 1. The molecule has 1 unspecified atom stereocenters. The second kappa shape index (κ2) is 13.9. The van der Waals surface area contributed by atoms with Crippen LogP contribution in [-0.2, 0) is 20.8 Å². The van der Waals surface area contributed by atoms with Gasteiger partial charge in [-0.05, 0) is 30.3 Å². The topological polar surface area (TPSA) is 149 Å². The lowest BCUT2D eigenvalue weighted by atomic mass is 10.1. The molecule has 0 aliphatic heterocycles. The standard InChI is InChI=1S/C24H26Cl2N4O6/c25-15-5-6-18(26)17(11-15)21-12-29-22(36-21)13-28-20(14-35-10-9-34-8-7-27)23(31)30-19-4-2-1-3-16(19)24(32)33/h1-6,11-12,20,28H,7-10,13-14,27H2,(H,30,31)(H,32,33). The molecule has 0 saturated carbocycles. The van der Waals surface area contributed by atoms with E-state index in [4.69, 9.17) is 42.8 Å². The maximum absolute atomic E-state index is 13.0. The lowest BCUT2D eigenvalue weighted by Gasteiger charge is -2.18. The number of carbonyl (C=O) groups is 2. The van der Waals surface area contributed by atoms with Gasteiger partial charge in [0.25, 0.3) is 0 Å². The zero-order chi connectivity index (χ0) is 25.9. The van der Waals surface area contributed by atoms with Crippen molar-refractivity contribution in [1.82, 2.24) is 10.3 Å². The van der Waals surface area contributed by atoms with Gasteiger partial charge in [0.1, 0.15) is 6.04 Å². The van der Waals surface area contributed by atoms with E-state index in [0.717, 1.165) is 0 Å². The number of nitrogens with two attached hydrogens (primary N) is 1. The third-order valence-corrected chi connectivity index (χ3v) is 5.46. The smallest absolute Gasteiger partial charge is 0.337 e. The lowest BCUT2D eigenvalue weighted by Crippen LogP contribution is -2.44. The highest BCUT2D eigenvalue weighted by molar-refractivity contribution is 6.35. The Bertz CT molecular complexity index is 1170. The predicted octanol–water partition coefficient (Wildman–Crippen LogP) is 3.44. The summed E-state index contributed by atoms with van der Waals surface area (Å²) in [6.07, 6.45) is 1.51. The molecule has 5 N–H and O–H groups in total. The summed E-state index contributed by atoms with van der Waals surface area (Å²) in [6.45, 7) is 1.43. The molecule has 36 heavy (non-hydrogen) atoms. The minimum Gasteiger partial charge on any atom is -0.478 e. The number of amides is 1. The van der Waals surface area contributed by atoms with Gasteiger partial charge >= 0.3 is 5.97 Å². The van der Waals surface area contributed by atoms with Crippen molar-refractivity contribution in [3.8, 4) is 11.3 Å². The Hall–Kier alpha value is -2.99. The van der Waals surface area contributed by atoms with Gasteiger partial charge in [0.2, 0.25) is 11.8 Å². The number of carbonyl (C=O) groups excluding carboxylic acids is 1. The first-order valence-electron chi connectivity index (χ1n) is 11.0. The molecule has 1 amide bonds. The first kappa shape index (κ1) is 27.6. The van der Waals surface area contributed by atoms with Crippen LogP contribution in [0, 0.1) is 0 Å². The van der Waals surface area contributed by atoms with E-state index in [-0.39, 0.29) is 31.0 Å². The van der Waals surface area contributed by atoms with E-state index in [1.165, 1.54) is 18.3 Å². The van der Waals surface area contributed by atoms with Gasteiger partial charge < -0.3 is 30.0 Å². The van der Waals surface area contributed by atoms with Gasteiger partial charge in [0.15, 0.2) is 5.76 Å². The fourth-order valence-corrected chi connectivity index (χ4v) is 3.53. The Morgan fingerprint density at radius 3 is 2.67 bits per heavy atom. The van der Waals surface area contributed by atoms with Crippen LogP contribution in [0.25, 0.3) is 11.3 Å². The monoisotopic (exact) mass is 536 g/mol. The molecule has 0 bridgehead atoms. The van der Waals surface area contributed by atoms with E-state index in [1.807, 2.05) is 0 Å². The number of oxazole rings is 1. The van der Waals surface area contributed by atoms with Crippen molar-refractivity contribution >= 4 is 40.8 Å². The molecule has 0 radical (unpaired) electrons. The van der Waals surface area contributed by atoms with Crippen molar-refractivity contribution in [3.05, 3.63) is 70.2 Å². The summed E-state index contributed by atoms with van der Waals surface area (Å²) < 4.78 is 16.6. The Labute approximate surface area is 217 Å². The van der Waals surface area contributed by atoms with E-state index in [1.54, 1.807) is 30.3 Å². The maximum atomic E-state index is 13.0. The van der Waals surface area contributed by atoms with Crippen molar-refractivity contribution in [2.24, 2.45) is 5.73 Å². The molecular weight excluding hydrogens is 511 g/mol. The highest BCUT2D eigenvalue weighted by Gasteiger charge is 2.22. The first-order chi connectivity index (χ1) is 17.4. The van der Waals surface area contributed by atoms with Crippen molar-refractivity contribution in [2.45, 2.75) is 12.6 Å². The molecule has 0 saturated heterocycles. The Balaban J connectivity index is 1.67. The van der Waals surface area contributed by atoms with E-state index < -0.39 is 17.9 Å². The summed E-state index contributed by atoms with van der Waals surface area (Å²) in [5, 5.41) is 16.0. The minimum atomic E-state index is -1.16. The average Bonchev–Trinajstić information content (AvgIpc) is 3.33. The summed E-state index contributed by atoms with van der Waals surface area (Å²) in [6, 6.07) is 10.2. The van der Waals surface area contributed by atoms with Crippen LogP contribution < -0.4 is 16.4 Å². The van der Waals surface area contributed by atoms with Crippen LogP contribution in [-0.4, -0.2) is 61.0 Å². The van der Waals surface area contributed by atoms with Crippen LogP contribution in [0.1, 0.15) is 16.2 Å². The van der Waals surface area contributed by atoms with Crippen LogP contribution in [0.4, 0.5) is 5.69 Å². The fourth-order valence-electron chi connectivity index (χ4n) is 3.14. The average molecular weight is 537 g/mol. The Kier molecular flexibility index (Phi) is 10.7. The number of benzene rings is 2. The number of hydrogen-bond acceptors (Lipinski definition) is 8. The Morgan fingerprint density at radius 1 is 1.11 bits per heavy atom. The number of carboxylic acid groups (broad SMARTS) is 1. The number of aromatic nitrogens is 1. The van der Waals surface area contributed by atoms with Gasteiger partial charge in [-0.25, -0.2) is 9.78 Å². The third kappa shape index (κ3) is 8.02. The molecule has 12 heteroatoms. The van der Waals surface area contributed by atoms with Crippen LogP contribution in [0.3, 0.4) is 0 Å². The number of nitrogens with zero attached hydrogens (tertiary/aromatic N) is 1. The molecule has 1 atom stereocenters. The van der Waals surface area contributed by atoms with Crippen LogP contribution in [0.5, 0.6) is 0 Å². The molecule has 3 aromatic rings. The van der Waals surface area contributed by atoms with E-state index in [2.05, 4.69) is 15.6 Å². The van der Waals surface area contributed by atoms with Gasteiger partial charge in [-0.2, -0.15) is 0 Å². The number of anilines is 1. The zero-order valence-electron chi connectivity index (χ0n) is 19.2. The van der Waals surface area contributed by atoms with Crippen LogP contribution in [0.15, 0.2) is 53.1 Å². The lowest BCUT2D eigenvalue weighted by molar-refractivity contribution is -0.119. The highest BCUT2D eigenvalue weighted by atomic mass is 35.5. The molecule has 1 heterocycles. The van der Waals surface area contributed by atoms with E-state index in [9.17, 15) is 14.7 Å². The number of hydrogen-bond donors (Lipinski definition) is 4. The SMILES string of the molecule is NCCOCCOCC(NCc1ncc(-c2cc(Cl)ccc2Cl)o1)C(=O)Nc1ccccc1C(=O)O. The van der Waals surface area contributed by atoms with E-state index in [0.29, 0.717) is 47.0 Å². The maximum Gasteiger partial charge on any atom is 0.337 e. The summed E-state index contributed by atoms with van der Waals surface area (Å²) in [5.41, 5.74) is 6.11. The molecule has 3 rings (SSSR count). The van der Waals surface area contributed by atoms with Crippen molar-refractivity contribution in [2.75, 3.05) is 38.3 Å². The number of halogens is 2. The number of rotatable bonds is 14. The Morgan fingerprint density at radius 2 is 1.89 bits per heavy atom. The molecule has 10 nitrogen and oxygen atoms in total. The number of carboxylic acids is 1. The first-order valence-corrected chi connectivity index (χ1v) is 11.8. The molecular formula is C24H26Cl2N4O6. The zero-order valence-corrected chi connectivity index (χ0v) is 20.7. The number of nitrogens with one attached hydrogen (secondary N) is 2. The summed E-state index contributed by atoms with van der Waals surface area (Å²) in [4.78, 5) is 28.7. The molecule has 0 spiro atoms. The van der Waals surface area contributed by atoms with Gasteiger partial charge in [0.05, 0.1) is 55.4 Å². The quantitative estimate of drug-likeness (QED) is 0.227. The second-order valence-electron chi connectivity index (χ2n) is 7.49. The minimum absolute atomic E-state index is 0.0132. The summed E-state index contributed by atoms with van der Waals surface area (Å²) in [5.74, 6) is -0.924. The van der Waals surface area contributed by atoms with Gasteiger partial charge in [-0.1, -0.05) is 35.3 Å². The number of para-hydroxylation sites is 1. The fraction of sp³-hybridized carbons (Fsp3) is 0.292. The van der Waals surface area contributed by atoms with Gasteiger partial charge in [-0.3, -0.25) is 10.1 Å². The van der Waals surface area contributed by atoms with Crippen molar-refractivity contribution < 1.29 is 28.6 Å². The van der Waals surface area contributed by atoms with Gasteiger partial charge in [-0.15, -0.1) is 0 Å². The molecule has 192 valence electrons.